The monoisotopic (exact) mass is 427 g/mol. The molecule has 0 radical (unpaired) electrons. The molecular formula is C23H29N3O3S. The molecule has 4 aliphatic rings. The lowest BCUT2D eigenvalue weighted by Crippen LogP contribution is -2.54. The molecule has 1 aromatic carbocycles. The molecule has 3 amide bonds. The summed E-state index contributed by atoms with van der Waals surface area (Å²) in [4.78, 5) is 42.4. The Morgan fingerprint density at radius 3 is 2.57 bits per heavy atom. The Balaban J connectivity index is 1.65. The fraction of sp³-hybridized carbons (Fsp3) is 0.609. The lowest BCUT2D eigenvalue weighted by atomic mass is 9.76. The van der Waals surface area contributed by atoms with Crippen molar-refractivity contribution in [3.05, 3.63) is 28.8 Å². The van der Waals surface area contributed by atoms with Crippen molar-refractivity contribution in [3.63, 3.8) is 0 Å². The molecule has 1 aromatic rings. The number of anilines is 1. The van der Waals surface area contributed by atoms with Gasteiger partial charge in [0, 0.05) is 23.3 Å². The van der Waals surface area contributed by atoms with E-state index in [2.05, 4.69) is 10.6 Å². The summed E-state index contributed by atoms with van der Waals surface area (Å²) in [5, 5.41) is 6.59. The average Bonchev–Trinajstić information content (AvgIpc) is 3.44. The maximum absolute atomic E-state index is 13.8. The first-order valence-corrected chi connectivity index (χ1v) is 12.4. The van der Waals surface area contributed by atoms with Gasteiger partial charge in [0.05, 0.1) is 11.8 Å². The van der Waals surface area contributed by atoms with Crippen molar-refractivity contribution in [1.82, 2.24) is 10.2 Å². The van der Waals surface area contributed by atoms with E-state index in [0.29, 0.717) is 0 Å². The van der Waals surface area contributed by atoms with Crippen molar-refractivity contribution in [2.45, 2.75) is 63.6 Å². The summed E-state index contributed by atoms with van der Waals surface area (Å²) < 4.78 is 0. The molecule has 3 fully saturated rings. The normalized spacial score (nSPS) is 33.0. The number of hydrogen-bond acceptors (Lipinski definition) is 5. The van der Waals surface area contributed by atoms with Gasteiger partial charge in [0.2, 0.25) is 17.7 Å². The number of hydrogen-bond donors (Lipinski definition) is 2. The van der Waals surface area contributed by atoms with E-state index < -0.39 is 17.4 Å². The Labute approximate surface area is 181 Å². The zero-order chi connectivity index (χ0) is 21.2. The van der Waals surface area contributed by atoms with Crippen LogP contribution in [0, 0.1) is 25.7 Å². The summed E-state index contributed by atoms with van der Waals surface area (Å²) in [5.74, 6) is -0.676. The highest BCUT2D eigenvalue weighted by molar-refractivity contribution is 7.98. The first-order chi connectivity index (χ1) is 14.4. The number of fused-ring (bicyclic) bond motifs is 4. The molecular weight excluding hydrogens is 398 g/mol. The maximum atomic E-state index is 13.8. The lowest BCUT2D eigenvalue weighted by Gasteiger charge is -2.31. The van der Waals surface area contributed by atoms with Gasteiger partial charge in [-0.05, 0) is 50.7 Å². The molecule has 1 saturated carbocycles. The number of imide groups is 1. The van der Waals surface area contributed by atoms with E-state index in [4.69, 9.17) is 0 Å². The molecule has 6 nitrogen and oxygen atoms in total. The lowest BCUT2D eigenvalue weighted by molar-refractivity contribution is -0.145. The van der Waals surface area contributed by atoms with Gasteiger partial charge in [-0.15, -0.1) is 0 Å². The number of thioether (sulfide) groups is 1. The van der Waals surface area contributed by atoms with Crippen molar-refractivity contribution in [3.8, 4) is 0 Å². The topological polar surface area (TPSA) is 78.5 Å². The SMILES string of the molecule is CSCC[C@H]1N[C@@]2(C(=O)Nc3c(C)cc(C)cc32)[C@H]2C(=O)N(C3CCCC3)C(=O)[C@H]12. The molecule has 3 aliphatic heterocycles. The van der Waals surface area contributed by atoms with E-state index in [0.717, 1.165) is 60.2 Å². The van der Waals surface area contributed by atoms with Crippen LogP contribution in [0.5, 0.6) is 0 Å². The second-order valence-electron chi connectivity index (χ2n) is 9.29. The van der Waals surface area contributed by atoms with Crippen LogP contribution >= 0.6 is 11.8 Å². The summed E-state index contributed by atoms with van der Waals surface area (Å²) in [6, 6.07) is 3.87. The van der Waals surface area contributed by atoms with Crippen molar-refractivity contribution in [1.29, 1.82) is 0 Å². The zero-order valence-corrected chi connectivity index (χ0v) is 18.6. The van der Waals surface area contributed by atoms with Crippen LogP contribution < -0.4 is 10.6 Å². The fourth-order valence-electron chi connectivity index (χ4n) is 6.30. The Morgan fingerprint density at radius 2 is 1.87 bits per heavy atom. The summed E-state index contributed by atoms with van der Waals surface area (Å²) in [5.41, 5.74) is 2.52. The van der Waals surface area contributed by atoms with Crippen LogP contribution in [0.25, 0.3) is 0 Å². The summed E-state index contributed by atoms with van der Waals surface area (Å²) in [6.45, 7) is 3.99. The van der Waals surface area contributed by atoms with E-state index in [9.17, 15) is 14.4 Å². The minimum absolute atomic E-state index is 0.00275. The minimum Gasteiger partial charge on any atom is -0.324 e. The van der Waals surface area contributed by atoms with Crippen LogP contribution in [0.1, 0.15) is 48.8 Å². The molecule has 0 bridgehead atoms. The number of carbonyl (C=O) groups is 3. The van der Waals surface area contributed by atoms with Gasteiger partial charge >= 0.3 is 0 Å². The maximum Gasteiger partial charge on any atom is 0.250 e. The first kappa shape index (κ1) is 20.1. The highest BCUT2D eigenvalue weighted by Gasteiger charge is 2.70. The van der Waals surface area contributed by atoms with Crippen LogP contribution in [-0.2, 0) is 19.9 Å². The van der Waals surface area contributed by atoms with Gasteiger partial charge < -0.3 is 5.32 Å². The van der Waals surface area contributed by atoms with Crippen molar-refractivity contribution in [2.24, 2.45) is 11.8 Å². The van der Waals surface area contributed by atoms with Crippen LogP contribution in [0.2, 0.25) is 0 Å². The molecule has 2 N–H and O–H groups in total. The van der Waals surface area contributed by atoms with Gasteiger partial charge in [-0.2, -0.15) is 11.8 Å². The molecule has 1 aliphatic carbocycles. The number of aryl methyl sites for hydroxylation is 2. The van der Waals surface area contributed by atoms with Crippen LogP contribution in [0.3, 0.4) is 0 Å². The van der Waals surface area contributed by atoms with Crippen molar-refractivity contribution in [2.75, 3.05) is 17.3 Å². The molecule has 7 heteroatoms. The number of nitrogens with one attached hydrogen (secondary N) is 2. The molecule has 5 rings (SSSR count). The summed E-state index contributed by atoms with van der Waals surface area (Å²) in [7, 11) is 0. The van der Waals surface area contributed by atoms with Crippen molar-refractivity contribution < 1.29 is 14.4 Å². The molecule has 0 unspecified atom stereocenters. The van der Waals surface area contributed by atoms with Gasteiger partial charge in [0.1, 0.15) is 5.54 Å². The molecule has 30 heavy (non-hydrogen) atoms. The Hall–Kier alpha value is -1.86. The molecule has 1 spiro atoms. The van der Waals surface area contributed by atoms with E-state index in [1.165, 1.54) is 0 Å². The number of likely N-dealkylation sites (tertiary alicyclic amines) is 1. The fourth-order valence-corrected chi connectivity index (χ4v) is 6.79. The number of nitrogens with zero attached hydrogens (tertiary/aromatic N) is 1. The molecule has 4 atom stereocenters. The third-order valence-corrected chi connectivity index (χ3v) is 8.17. The number of carbonyl (C=O) groups excluding carboxylic acids is 3. The number of benzene rings is 1. The Morgan fingerprint density at radius 1 is 1.13 bits per heavy atom. The van der Waals surface area contributed by atoms with Crippen LogP contribution in [-0.4, -0.2) is 46.7 Å². The smallest absolute Gasteiger partial charge is 0.250 e. The van der Waals surface area contributed by atoms with Gasteiger partial charge in [0.15, 0.2) is 0 Å². The summed E-state index contributed by atoms with van der Waals surface area (Å²) in [6.07, 6.45) is 6.67. The van der Waals surface area contributed by atoms with E-state index >= 15 is 0 Å². The van der Waals surface area contributed by atoms with E-state index in [1.54, 1.807) is 16.7 Å². The zero-order valence-electron chi connectivity index (χ0n) is 17.8. The Kier molecular flexibility index (Phi) is 4.74. The second-order valence-corrected chi connectivity index (χ2v) is 10.3. The molecule has 3 heterocycles. The van der Waals surface area contributed by atoms with Crippen LogP contribution in [0.4, 0.5) is 5.69 Å². The van der Waals surface area contributed by atoms with Crippen molar-refractivity contribution >= 4 is 35.2 Å². The third-order valence-electron chi connectivity index (χ3n) is 7.52. The molecule has 0 aromatic heterocycles. The minimum atomic E-state index is -1.15. The van der Waals surface area contributed by atoms with Gasteiger partial charge in [-0.3, -0.25) is 24.6 Å². The van der Waals surface area contributed by atoms with Gasteiger partial charge in [-0.1, -0.05) is 30.5 Å². The summed E-state index contributed by atoms with van der Waals surface area (Å²) >= 11 is 1.72. The van der Waals surface area contributed by atoms with E-state index in [-0.39, 0.29) is 29.8 Å². The first-order valence-electron chi connectivity index (χ1n) is 11.0. The number of rotatable bonds is 4. The molecule has 160 valence electrons. The largest absolute Gasteiger partial charge is 0.324 e. The highest BCUT2D eigenvalue weighted by Crippen LogP contribution is 2.55. The standard InChI is InChI=1S/C23H29N3O3S/c1-12-10-13(2)19-15(11-12)23(22(29)24-19)18-17(16(25-23)8-9-30-3)20(27)26(21(18)28)14-6-4-5-7-14/h10-11,14,16-18,25H,4-9H2,1-3H3,(H,24,29)/t16-,17-,18-,23-/m1/s1. The molecule has 2 saturated heterocycles. The van der Waals surface area contributed by atoms with Gasteiger partial charge in [0.25, 0.3) is 0 Å². The van der Waals surface area contributed by atoms with Crippen LogP contribution in [0.15, 0.2) is 12.1 Å². The second kappa shape index (κ2) is 7.09. The predicted octanol–water partition coefficient (Wildman–Crippen LogP) is 2.72. The highest BCUT2D eigenvalue weighted by atomic mass is 32.2. The average molecular weight is 428 g/mol. The van der Waals surface area contributed by atoms with E-state index in [1.807, 2.05) is 32.2 Å². The number of amides is 3. The third kappa shape index (κ3) is 2.57. The quantitative estimate of drug-likeness (QED) is 0.723. The Bertz CT molecular complexity index is 942. The predicted molar refractivity (Wildman–Crippen MR) is 117 cm³/mol. The van der Waals surface area contributed by atoms with Gasteiger partial charge in [-0.25, -0.2) is 0 Å².